The molecule has 7 heteroatoms. The second-order valence-electron chi connectivity index (χ2n) is 6.09. The smallest absolute Gasteiger partial charge is 0.243 e. The molecule has 1 aliphatic carbocycles. The molecule has 1 unspecified atom stereocenters. The largest absolute Gasteiger partial charge is 0.392 e. The summed E-state index contributed by atoms with van der Waals surface area (Å²) < 4.78 is 41.6. The summed E-state index contributed by atoms with van der Waals surface area (Å²) in [6.45, 7) is 3.37. The Kier molecular flexibility index (Phi) is 4.63. The molecule has 1 fully saturated rings. The molecule has 0 radical (unpaired) electrons. The van der Waals surface area contributed by atoms with Gasteiger partial charge in [-0.05, 0) is 30.4 Å². The first-order valence-corrected chi connectivity index (χ1v) is 8.64. The van der Waals surface area contributed by atoms with Gasteiger partial charge in [0.1, 0.15) is 10.7 Å². The third kappa shape index (κ3) is 3.39. The van der Waals surface area contributed by atoms with E-state index in [1.165, 1.54) is 6.07 Å². The van der Waals surface area contributed by atoms with Crippen molar-refractivity contribution in [1.29, 1.82) is 0 Å². The molecule has 0 bridgehead atoms. The van der Waals surface area contributed by atoms with Gasteiger partial charge in [-0.3, -0.25) is 0 Å². The second kappa shape index (κ2) is 5.83. The number of hydrogen-bond donors (Lipinski definition) is 2. The van der Waals surface area contributed by atoms with Crippen molar-refractivity contribution in [2.75, 3.05) is 0 Å². The van der Waals surface area contributed by atoms with Crippen LogP contribution in [-0.4, -0.2) is 19.6 Å². The van der Waals surface area contributed by atoms with E-state index in [-0.39, 0.29) is 22.0 Å². The quantitative estimate of drug-likeness (QED) is 0.889. The SMILES string of the molecule is CC1(C)CCCC1NS(=O)(=O)c1cc(Cl)cc(CO)c1F. The maximum Gasteiger partial charge on any atom is 0.243 e. The monoisotopic (exact) mass is 335 g/mol. The number of aliphatic hydroxyl groups is 1. The van der Waals surface area contributed by atoms with Crippen molar-refractivity contribution in [2.45, 2.75) is 50.7 Å². The maximum atomic E-state index is 14.2. The third-order valence-electron chi connectivity index (χ3n) is 4.09. The lowest BCUT2D eigenvalue weighted by atomic mass is 9.88. The average molecular weight is 336 g/mol. The van der Waals surface area contributed by atoms with Crippen LogP contribution in [0, 0.1) is 11.2 Å². The van der Waals surface area contributed by atoms with Gasteiger partial charge in [0, 0.05) is 16.6 Å². The summed E-state index contributed by atoms with van der Waals surface area (Å²) in [7, 11) is -4.02. The van der Waals surface area contributed by atoms with Crippen molar-refractivity contribution in [3.8, 4) is 0 Å². The van der Waals surface area contributed by atoms with E-state index in [0.717, 1.165) is 25.3 Å². The molecule has 1 aliphatic rings. The number of hydrogen-bond acceptors (Lipinski definition) is 3. The van der Waals surface area contributed by atoms with Crippen LogP contribution in [-0.2, 0) is 16.6 Å². The van der Waals surface area contributed by atoms with Gasteiger partial charge in [0.05, 0.1) is 6.61 Å². The average Bonchev–Trinajstić information content (AvgIpc) is 2.70. The molecular weight excluding hydrogens is 317 g/mol. The molecule has 0 spiro atoms. The highest BCUT2D eigenvalue weighted by molar-refractivity contribution is 7.89. The number of rotatable bonds is 4. The lowest BCUT2D eigenvalue weighted by molar-refractivity contribution is 0.274. The number of nitrogens with one attached hydrogen (secondary N) is 1. The molecule has 4 nitrogen and oxygen atoms in total. The Labute approximate surface area is 129 Å². The number of halogens is 2. The fourth-order valence-corrected chi connectivity index (χ4v) is 4.62. The molecule has 118 valence electrons. The van der Waals surface area contributed by atoms with E-state index in [9.17, 15) is 12.8 Å². The number of aliphatic hydroxyl groups excluding tert-OH is 1. The number of sulfonamides is 1. The highest BCUT2D eigenvalue weighted by Crippen LogP contribution is 2.38. The molecule has 0 amide bonds. The summed E-state index contributed by atoms with van der Waals surface area (Å²) in [6.07, 6.45) is 2.57. The fourth-order valence-electron chi connectivity index (χ4n) is 2.72. The summed E-state index contributed by atoms with van der Waals surface area (Å²) >= 11 is 5.81. The molecule has 21 heavy (non-hydrogen) atoms. The minimum absolute atomic E-state index is 0.0755. The molecule has 0 saturated heterocycles. The number of benzene rings is 1. The van der Waals surface area contributed by atoms with Crippen LogP contribution in [0.2, 0.25) is 5.02 Å². The van der Waals surface area contributed by atoms with E-state index in [0.29, 0.717) is 0 Å². The Hall–Kier alpha value is -0.690. The Morgan fingerprint density at radius 1 is 1.48 bits per heavy atom. The molecule has 1 aromatic rings. The van der Waals surface area contributed by atoms with E-state index >= 15 is 0 Å². The Bertz CT molecular complexity index is 646. The van der Waals surface area contributed by atoms with Crippen molar-refractivity contribution in [3.63, 3.8) is 0 Å². The van der Waals surface area contributed by atoms with E-state index in [2.05, 4.69) is 4.72 Å². The normalized spacial score (nSPS) is 21.7. The van der Waals surface area contributed by atoms with E-state index in [1.54, 1.807) is 0 Å². The lowest BCUT2D eigenvalue weighted by Crippen LogP contribution is -2.41. The minimum atomic E-state index is -4.02. The molecule has 2 N–H and O–H groups in total. The minimum Gasteiger partial charge on any atom is -0.392 e. The summed E-state index contributed by atoms with van der Waals surface area (Å²) in [5, 5.41) is 9.16. The van der Waals surface area contributed by atoms with Crippen molar-refractivity contribution in [2.24, 2.45) is 5.41 Å². The van der Waals surface area contributed by atoms with Crippen LogP contribution < -0.4 is 4.72 Å². The van der Waals surface area contributed by atoms with Crippen LogP contribution in [0.3, 0.4) is 0 Å². The van der Waals surface area contributed by atoms with Gasteiger partial charge in [0.2, 0.25) is 10.0 Å². The maximum absolute atomic E-state index is 14.2. The van der Waals surface area contributed by atoms with Crippen LogP contribution in [0.25, 0.3) is 0 Å². The van der Waals surface area contributed by atoms with Crippen molar-refractivity contribution in [1.82, 2.24) is 4.72 Å². The first-order valence-electron chi connectivity index (χ1n) is 6.78. The van der Waals surface area contributed by atoms with E-state index in [4.69, 9.17) is 16.7 Å². The molecular formula is C14H19ClFNO3S. The zero-order valence-electron chi connectivity index (χ0n) is 12.0. The van der Waals surface area contributed by atoms with E-state index in [1.807, 2.05) is 13.8 Å². The predicted octanol–water partition coefficient (Wildman–Crippen LogP) is 2.83. The summed E-state index contributed by atoms with van der Waals surface area (Å²) in [6, 6.07) is 2.05. The Balaban J connectivity index is 2.38. The molecule has 0 aliphatic heterocycles. The molecule has 0 heterocycles. The van der Waals surface area contributed by atoms with Crippen LogP contribution >= 0.6 is 11.6 Å². The van der Waals surface area contributed by atoms with Gasteiger partial charge in [-0.25, -0.2) is 17.5 Å². The Morgan fingerprint density at radius 2 is 2.14 bits per heavy atom. The summed E-state index contributed by atoms with van der Waals surface area (Å²) in [5.41, 5.74) is -0.296. The van der Waals surface area contributed by atoms with Crippen LogP contribution in [0.5, 0.6) is 0 Å². The van der Waals surface area contributed by atoms with Crippen LogP contribution in [0.4, 0.5) is 4.39 Å². The second-order valence-corrected chi connectivity index (χ2v) is 8.21. The van der Waals surface area contributed by atoms with Crippen LogP contribution in [0.15, 0.2) is 17.0 Å². The van der Waals surface area contributed by atoms with Gasteiger partial charge in [0.15, 0.2) is 0 Å². The van der Waals surface area contributed by atoms with Gasteiger partial charge in [0.25, 0.3) is 0 Å². The Morgan fingerprint density at radius 3 is 2.67 bits per heavy atom. The molecule has 1 atom stereocenters. The zero-order valence-corrected chi connectivity index (χ0v) is 13.6. The lowest BCUT2D eigenvalue weighted by Gasteiger charge is -2.27. The highest BCUT2D eigenvalue weighted by Gasteiger charge is 2.38. The summed E-state index contributed by atoms with van der Waals surface area (Å²) in [4.78, 5) is -0.512. The summed E-state index contributed by atoms with van der Waals surface area (Å²) in [5.74, 6) is -0.954. The van der Waals surface area contributed by atoms with Gasteiger partial charge >= 0.3 is 0 Å². The third-order valence-corrected chi connectivity index (χ3v) is 5.78. The van der Waals surface area contributed by atoms with Gasteiger partial charge in [-0.2, -0.15) is 0 Å². The van der Waals surface area contributed by atoms with Crippen molar-refractivity contribution in [3.05, 3.63) is 28.5 Å². The van der Waals surface area contributed by atoms with Crippen molar-refractivity contribution < 1.29 is 17.9 Å². The highest BCUT2D eigenvalue weighted by atomic mass is 35.5. The molecule has 1 aromatic carbocycles. The first kappa shape index (κ1) is 16.7. The molecule has 1 saturated carbocycles. The molecule has 2 rings (SSSR count). The first-order chi connectivity index (χ1) is 9.67. The topological polar surface area (TPSA) is 66.4 Å². The van der Waals surface area contributed by atoms with Gasteiger partial charge < -0.3 is 5.11 Å². The standard InChI is InChI=1S/C14H19ClFNO3S/c1-14(2)5-3-4-12(14)17-21(19,20)11-7-10(15)6-9(8-18)13(11)16/h6-7,12,17-18H,3-5,8H2,1-2H3. The van der Waals surface area contributed by atoms with E-state index < -0.39 is 27.3 Å². The zero-order chi connectivity index (χ0) is 15.8. The predicted molar refractivity (Wildman–Crippen MR) is 79.1 cm³/mol. The van der Waals surface area contributed by atoms with Crippen molar-refractivity contribution >= 4 is 21.6 Å². The van der Waals surface area contributed by atoms with Crippen LogP contribution in [0.1, 0.15) is 38.7 Å². The van der Waals surface area contributed by atoms with Gasteiger partial charge in [-0.1, -0.05) is 31.9 Å². The fraction of sp³-hybridized carbons (Fsp3) is 0.571. The van der Waals surface area contributed by atoms with Gasteiger partial charge in [-0.15, -0.1) is 0 Å². The molecule has 0 aromatic heterocycles.